The summed E-state index contributed by atoms with van der Waals surface area (Å²) in [5.41, 5.74) is 2.40. The maximum Gasteiger partial charge on any atom is 0.0674 e. The van der Waals surface area contributed by atoms with Crippen molar-refractivity contribution < 1.29 is 0 Å². The molecular formula is C13H15ClN2. The van der Waals surface area contributed by atoms with Crippen molar-refractivity contribution in [2.45, 2.75) is 19.8 Å². The quantitative estimate of drug-likeness (QED) is 0.745. The number of halogens is 1. The molecule has 1 aromatic rings. The summed E-state index contributed by atoms with van der Waals surface area (Å²) in [4.78, 5) is 2.29. The lowest BCUT2D eigenvalue weighted by Gasteiger charge is -2.32. The van der Waals surface area contributed by atoms with E-state index in [1.54, 1.807) is 0 Å². The van der Waals surface area contributed by atoms with Crippen molar-refractivity contribution in [2.24, 2.45) is 5.92 Å². The predicted octanol–water partition coefficient (Wildman–Crippen LogP) is 3.39. The van der Waals surface area contributed by atoms with Gasteiger partial charge >= 0.3 is 0 Å². The molecule has 0 radical (unpaired) electrons. The molecule has 16 heavy (non-hydrogen) atoms. The molecule has 1 unspecified atom stereocenters. The number of aryl methyl sites for hydroxylation is 1. The summed E-state index contributed by atoms with van der Waals surface area (Å²) in [5, 5.41) is 9.74. The Labute approximate surface area is 101 Å². The van der Waals surface area contributed by atoms with E-state index >= 15 is 0 Å². The number of rotatable bonds is 1. The lowest BCUT2D eigenvalue weighted by atomic mass is 9.98. The normalized spacial score (nSPS) is 20.6. The molecule has 3 heteroatoms. The van der Waals surface area contributed by atoms with E-state index in [-0.39, 0.29) is 5.92 Å². The van der Waals surface area contributed by atoms with Gasteiger partial charge in [-0.05, 0) is 43.5 Å². The number of anilines is 1. The van der Waals surface area contributed by atoms with Crippen LogP contribution in [0.4, 0.5) is 5.69 Å². The Hall–Kier alpha value is -1.20. The summed E-state index contributed by atoms with van der Waals surface area (Å²) in [6, 6.07) is 8.32. The van der Waals surface area contributed by atoms with E-state index in [4.69, 9.17) is 16.9 Å². The van der Waals surface area contributed by atoms with Gasteiger partial charge in [-0.25, -0.2) is 0 Å². The fourth-order valence-corrected chi connectivity index (χ4v) is 2.50. The summed E-state index contributed by atoms with van der Waals surface area (Å²) < 4.78 is 0. The Morgan fingerprint density at radius 1 is 1.50 bits per heavy atom. The van der Waals surface area contributed by atoms with E-state index in [1.165, 1.54) is 11.3 Å². The monoisotopic (exact) mass is 234 g/mol. The average Bonchev–Trinajstić information content (AvgIpc) is 2.29. The van der Waals surface area contributed by atoms with Gasteiger partial charge in [0.25, 0.3) is 0 Å². The maximum atomic E-state index is 8.97. The molecule has 2 rings (SSSR count). The number of nitriles is 1. The predicted molar refractivity (Wildman–Crippen MR) is 66.7 cm³/mol. The molecule has 1 aliphatic heterocycles. The number of hydrogen-bond donors (Lipinski definition) is 0. The number of benzene rings is 1. The van der Waals surface area contributed by atoms with Crippen LogP contribution in [0.1, 0.15) is 18.4 Å². The Kier molecular flexibility index (Phi) is 3.36. The van der Waals surface area contributed by atoms with Gasteiger partial charge in [-0.15, -0.1) is 0 Å². The van der Waals surface area contributed by atoms with E-state index in [0.29, 0.717) is 0 Å². The first-order valence-electron chi connectivity index (χ1n) is 5.61. The molecule has 0 spiro atoms. The summed E-state index contributed by atoms with van der Waals surface area (Å²) in [7, 11) is 0. The minimum Gasteiger partial charge on any atom is -0.370 e. The largest absolute Gasteiger partial charge is 0.370 e. The molecule has 0 aromatic heterocycles. The third kappa shape index (κ3) is 2.31. The first-order valence-corrected chi connectivity index (χ1v) is 5.99. The van der Waals surface area contributed by atoms with Crippen molar-refractivity contribution >= 4 is 17.3 Å². The second-order valence-corrected chi connectivity index (χ2v) is 4.78. The van der Waals surface area contributed by atoms with Gasteiger partial charge in [0.1, 0.15) is 0 Å². The van der Waals surface area contributed by atoms with Crippen LogP contribution in [-0.4, -0.2) is 13.1 Å². The van der Waals surface area contributed by atoms with Gasteiger partial charge in [-0.2, -0.15) is 5.26 Å². The van der Waals surface area contributed by atoms with Crippen molar-refractivity contribution in [1.29, 1.82) is 5.26 Å². The van der Waals surface area contributed by atoms with Crippen LogP contribution >= 0.6 is 11.6 Å². The van der Waals surface area contributed by atoms with Gasteiger partial charge in [0.15, 0.2) is 0 Å². The van der Waals surface area contributed by atoms with Crippen molar-refractivity contribution in [3.05, 3.63) is 28.8 Å². The molecule has 1 fully saturated rings. The van der Waals surface area contributed by atoms with Crippen molar-refractivity contribution in [3.63, 3.8) is 0 Å². The van der Waals surface area contributed by atoms with Crippen molar-refractivity contribution in [1.82, 2.24) is 0 Å². The number of hydrogen-bond acceptors (Lipinski definition) is 2. The molecule has 1 aromatic carbocycles. The van der Waals surface area contributed by atoms with Crippen LogP contribution in [0, 0.1) is 24.2 Å². The molecule has 0 saturated carbocycles. The van der Waals surface area contributed by atoms with Crippen LogP contribution in [0.5, 0.6) is 0 Å². The summed E-state index contributed by atoms with van der Waals surface area (Å²) in [6.45, 7) is 3.96. The molecule has 0 bridgehead atoms. The molecule has 0 N–H and O–H groups in total. The zero-order valence-corrected chi connectivity index (χ0v) is 10.2. The van der Waals surface area contributed by atoms with Crippen LogP contribution in [-0.2, 0) is 0 Å². The molecular weight excluding hydrogens is 220 g/mol. The fourth-order valence-electron chi connectivity index (χ4n) is 2.28. The zero-order valence-electron chi connectivity index (χ0n) is 9.41. The SMILES string of the molecule is Cc1cc(Cl)ccc1N1CCCC(C#N)C1. The zero-order chi connectivity index (χ0) is 11.5. The van der Waals surface area contributed by atoms with E-state index < -0.39 is 0 Å². The second kappa shape index (κ2) is 4.76. The summed E-state index contributed by atoms with van der Waals surface area (Å²) in [6.07, 6.45) is 2.12. The van der Waals surface area contributed by atoms with Crippen LogP contribution in [0.15, 0.2) is 18.2 Å². The average molecular weight is 235 g/mol. The lowest BCUT2D eigenvalue weighted by Crippen LogP contribution is -2.35. The Morgan fingerprint density at radius 2 is 2.31 bits per heavy atom. The minimum atomic E-state index is 0.170. The highest BCUT2D eigenvalue weighted by Gasteiger charge is 2.20. The molecule has 1 saturated heterocycles. The van der Waals surface area contributed by atoms with E-state index in [0.717, 1.165) is 31.0 Å². The highest BCUT2D eigenvalue weighted by atomic mass is 35.5. The summed E-state index contributed by atoms with van der Waals surface area (Å²) >= 11 is 5.94. The number of nitrogens with zero attached hydrogens (tertiary/aromatic N) is 2. The second-order valence-electron chi connectivity index (χ2n) is 4.35. The van der Waals surface area contributed by atoms with Crippen LogP contribution in [0.3, 0.4) is 0 Å². The Bertz CT molecular complexity index is 422. The Balaban J connectivity index is 2.20. The van der Waals surface area contributed by atoms with E-state index in [9.17, 15) is 0 Å². The third-order valence-corrected chi connectivity index (χ3v) is 3.34. The first kappa shape index (κ1) is 11.3. The van der Waals surface area contributed by atoms with Crippen LogP contribution < -0.4 is 4.90 Å². The standard InChI is InChI=1S/C13H15ClN2/c1-10-7-12(14)4-5-13(10)16-6-2-3-11(8-15)9-16/h4-5,7,11H,2-3,6,9H2,1H3. The van der Waals surface area contributed by atoms with E-state index in [1.807, 2.05) is 12.1 Å². The molecule has 0 amide bonds. The van der Waals surface area contributed by atoms with Crippen molar-refractivity contribution in [2.75, 3.05) is 18.0 Å². The molecule has 0 aliphatic carbocycles. The maximum absolute atomic E-state index is 8.97. The molecule has 2 nitrogen and oxygen atoms in total. The smallest absolute Gasteiger partial charge is 0.0674 e. The van der Waals surface area contributed by atoms with Crippen LogP contribution in [0.25, 0.3) is 0 Å². The third-order valence-electron chi connectivity index (χ3n) is 3.10. The fraction of sp³-hybridized carbons (Fsp3) is 0.462. The Morgan fingerprint density at radius 3 is 3.00 bits per heavy atom. The minimum absolute atomic E-state index is 0.170. The van der Waals surface area contributed by atoms with Gasteiger partial charge in [-0.1, -0.05) is 11.6 Å². The van der Waals surface area contributed by atoms with Gasteiger partial charge in [0, 0.05) is 23.8 Å². The van der Waals surface area contributed by atoms with Crippen molar-refractivity contribution in [3.8, 4) is 6.07 Å². The summed E-state index contributed by atoms with van der Waals surface area (Å²) in [5.74, 6) is 0.170. The molecule has 1 heterocycles. The topological polar surface area (TPSA) is 27.0 Å². The van der Waals surface area contributed by atoms with Gasteiger partial charge in [0.05, 0.1) is 12.0 Å². The van der Waals surface area contributed by atoms with Crippen LogP contribution in [0.2, 0.25) is 5.02 Å². The first-order chi connectivity index (χ1) is 7.70. The molecule has 1 atom stereocenters. The highest BCUT2D eigenvalue weighted by molar-refractivity contribution is 6.30. The highest BCUT2D eigenvalue weighted by Crippen LogP contribution is 2.27. The van der Waals surface area contributed by atoms with Gasteiger partial charge in [-0.3, -0.25) is 0 Å². The molecule has 1 aliphatic rings. The molecule has 84 valence electrons. The van der Waals surface area contributed by atoms with E-state index in [2.05, 4.69) is 24.0 Å². The van der Waals surface area contributed by atoms with Gasteiger partial charge < -0.3 is 4.90 Å². The lowest BCUT2D eigenvalue weighted by molar-refractivity contribution is 0.493. The number of piperidine rings is 1. The van der Waals surface area contributed by atoms with Gasteiger partial charge in [0.2, 0.25) is 0 Å².